The molecule has 0 radical (unpaired) electrons. The average Bonchev–Trinajstić information content (AvgIpc) is 2.80. The van der Waals surface area contributed by atoms with Crippen LogP contribution in [0.1, 0.15) is 44.5 Å². The molecule has 19 heavy (non-hydrogen) atoms. The van der Waals surface area contributed by atoms with Crippen molar-refractivity contribution in [3.05, 3.63) is 35.0 Å². The maximum atomic E-state index is 13.2. The highest BCUT2D eigenvalue weighted by atomic mass is 32.1. The SMILES string of the molecule is CCNC(CC(C)CC)c1cc2cc(F)ccc2s1. The topological polar surface area (TPSA) is 12.0 Å². The number of benzene rings is 1. The first-order chi connectivity index (χ1) is 9.13. The molecule has 0 aliphatic rings. The molecule has 1 heterocycles. The van der Waals surface area contributed by atoms with Crippen LogP contribution in [0.2, 0.25) is 0 Å². The Bertz CT molecular complexity index is 535. The summed E-state index contributed by atoms with van der Waals surface area (Å²) in [4.78, 5) is 1.32. The molecule has 1 aromatic heterocycles. The van der Waals surface area contributed by atoms with Crippen LogP contribution in [0, 0.1) is 11.7 Å². The molecule has 1 aromatic carbocycles. The minimum Gasteiger partial charge on any atom is -0.310 e. The summed E-state index contributed by atoms with van der Waals surface area (Å²) in [7, 11) is 0. The van der Waals surface area contributed by atoms with E-state index in [1.165, 1.54) is 16.0 Å². The first-order valence-electron chi connectivity index (χ1n) is 7.06. The molecule has 0 saturated heterocycles. The van der Waals surface area contributed by atoms with Gasteiger partial charge >= 0.3 is 0 Å². The maximum absolute atomic E-state index is 13.2. The molecule has 0 aliphatic heterocycles. The van der Waals surface area contributed by atoms with Gasteiger partial charge in [0.25, 0.3) is 0 Å². The van der Waals surface area contributed by atoms with Crippen LogP contribution in [-0.2, 0) is 0 Å². The Balaban J connectivity index is 2.27. The van der Waals surface area contributed by atoms with E-state index in [4.69, 9.17) is 0 Å². The summed E-state index contributed by atoms with van der Waals surface area (Å²) < 4.78 is 14.4. The van der Waals surface area contributed by atoms with Gasteiger partial charge in [-0.25, -0.2) is 4.39 Å². The van der Waals surface area contributed by atoms with Crippen LogP contribution in [0.4, 0.5) is 4.39 Å². The zero-order valence-electron chi connectivity index (χ0n) is 11.9. The Kier molecular flexibility index (Phi) is 4.94. The number of rotatable bonds is 6. The molecule has 0 bridgehead atoms. The third-order valence-corrected chi connectivity index (χ3v) is 4.86. The number of hydrogen-bond acceptors (Lipinski definition) is 2. The molecule has 0 aliphatic carbocycles. The summed E-state index contributed by atoms with van der Waals surface area (Å²) in [6, 6.07) is 7.57. The second-order valence-electron chi connectivity index (χ2n) is 5.19. The normalized spacial score (nSPS) is 14.7. The van der Waals surface area contributed by atoms with Crippen LogP contribution in [0.5, 0.6) is 0 Å². The lowest BCUT2D eigenvalue weighted by Crippen LogP contribution is -2.21. The lowest BCUT2D eigenvalue weighted by atomic mass is 9.98. The zero-order valence-corrected chi connectivity index (χ0v) is 12.7. The molecule has 2 rings (SSSR count). The minimum atomic E-state index is -0.154. The summed E-state index contributed by atoms with van der Waals surface area (Å²) >= 11 is 1.78. The number of thiophene rings is 1. The highest BCUT2D eigenvalue weighted by Gasteiger charge is 2.16. The third kappa shape index (κ3) is 3.54. The van der Waals surface area contributed by atoms with Gasteiger partial charge in [-0.2, -0.15) is 0 Å². The van der Waals surface area contributed by atoms with E-state index in [2.05, 4.69) is 32.2 Å². The summed E-state index contributed by atoms with van der Waals surface area (Å²) in [5, 5.41) is 4.58. The van der Waals surface area contributed by atoms with Crippen LogP contribution in [0.3, 0.4) is 0 Å². The van der Waals surface area contributed by atoms with E-state index >= 15 is 0 Å². The maximum Gasteiger partial charge on any atom is 0.123 e. The van der Waals surface area contributed by atoms with Crippen molar-refractivity contribution in [1.82, 2.24) is 5.32 Å². The smallest absolute Gasteiger partial charge is 0.123 e. The largest absolute Gasteiger partial charge is 0.310 e. The fourth-order valence-corrected chi connectivity index (χ4v) is 3.46. The van der Waals surface area contributed by atoms with Crippen LogP contribution in [0.25, 0.3) is 10.1 Å². The molecule has 2 atom stereocenters. The van der Waals surface area contributed by atoms with E-state index in [0.717, 1.165) is 18.4 Å². The Morgan fingerprint density at radius 3 is 2.74 bits per heavy atom. The van der Waals surface area contributed by atoms with Gasteiger partial charge in [-0.05, 0) is 48.5 Å². The van der Waals surface area contributed by atoms with Crippen molar-refractivity contribution in [2.75, 3.05) is 6.54 Å². The van der Waals surface area contributed by atoms with E-state index in [1.807, 2.05) is 6.07 Å². The quantitative estimate of drug-likeness (QED) is 0.773. The lowest BCUT2D eigenvalue weighted by Gasteiger charge is -2.19. The summed E-state index contributed by atoms with van der Waals surface area (Å²) in [6.45, 7) is 7.62. The first-order valence-corrected chi connectivity index (χ1v) is 7.88. The second-order valence-corrected chi connectivity index (χ2v) is 6.31. The van der Waals surface area contributed by atoms with Crippen LogP contribution < -0.4 is 5.32 Å². The monoisotopic (exact) mass is 279 g/mol. The predicted octanol–water partition coefficient (Wildman–Crippen LogP) is 5.13. The molecule has 104 valence electrons. The van der Waals surface area contributed by atoms with Gasteiger partial charge < -0.3 is 5.32 Å². The van der Waals surface area contributed by atoms with Gasteiger partial charge in [0.05, 0.1) is 0 Å². The summed E-state index contributed by atoms with van der Waals surface area (Å²) in [5.41, 5.74) is 0. The predicted molar refractivity (Wildman–Crippen MR) is 82.3 cm³/mol. The van der Waals surface area contributed by atoms with Crippen molar-refractivity contribution in [1.29, 1.82) is 0 Å². The minimum absolute atomic E-state index is 0.154. The van der Waals surface area contributed by atoms with Gasteiger partial charge in [-0.1, -0.05) is 27.2 Å². The van der Waals surface area contributed by atoms with Gasteiger partial charge in [0.15, 0.2) is 0 Å². The highest BCUT2D eigenvalue weighted by Crippen LogP contribution is 2.33. The number of halogens is 1. The number of nitrogens with one attached hydrogen (secondary N) is 1. The Morgan fingerprint density at radius 2 is 2.05 bits per heavy atom. The molecule has 2 unspecified atom stereocenters. The van der Waals surface area contributed by atoms with Gasteiger partial charge in [-0.3, -0.25) is 0 Å². The summed E-state index contributed by atoms with van der Waals surface area (Å²) in [6.07, 6.45) is 2.33. The molecule has 2 aromatic rings. The van der Waals surface area contributed by atoms with E-state index in [0.29, 0.717) is 12.0 Å². The van der Waals surface area contributed by atoms with Crippen molar-refractivity contribution in [3.63, 3.8) is 0 Å². The Morgan fingerprint density at radius 1 is 1.26 bits per heavy atom. The number of fused-ring (bicyclic) bond motifs is 1. The molecule has 0 saturated carbocycles. The van der Waals surface area contributed by atoms with E-state index in [1.54, 1.807) is 23.5 Å². The molecular weight excluding hydrogens is 257 g/mol. The molecule has 1 nitrogen and oxygen atoms in total. The Hall–Kier alpha value is -0.930. The van der Waals surface area contributed by atoms with Gasteiger partial charge in [0.2, 0.25) is 0 Å². The van der Waals surface area contributed by atoms with Gasteiger partial charge in [0, 0.05) is 15.6 Å². The van der Waals surface area contributed by atoms with Gasteiger partial charge in [-0.15, -0.1) is 11.3 Å². The molecule has 0 spiro atoms. The average molecular weight is 279 g/mol. The molecule has 0 amide bonds. The van der Waals surface area contributed by atoms with Crippen LogP contribution >= 0.6 is 11.3 Å². The van der Waals surface area contributed by atoms with E-state index < -0.39 is 0 Å². The molecule has 3 heteroatoms. The van der Waals surface area contributed by atoms with Crippen LogP contribution in [-0.4, -0.2) is 6.54 Å². The first kappa shape index (κ1) is 14.5. The standard InChI is InChI=1S/C16H22FNS/c1-4-11(3)8-14(18-5-2)16-10-12-9-13(17)6-7-15(12)19-16/h6-7,9-11,14,18H,4-5,8H2,1-3H3. The highest BCUT2D eigenvalue weighted by molar-refractivity contribution is 7.19. The van der Waals surface area contributed by atoms with E-state index in [9.17, 15) is 4.39 Å². The Labute approximate surface area is 118 Å². The third-order valence-electron chi connectivity index (χ3n) is 3.63. The molecule has 0 fully saturated rings. The van der Waals surface area contributed by atoms with Crippen molar-refractivity contribution in [2.45, 2.75) is 39.7 Å². The molecular formula is C16H22FNS. The van der Waals surface area contributed by atoms with Crippen molar-refractivity contribution in [2.24, 2.45) is 5.92 Å². The second kappa shape index (κ2) is 6.49. The fourth-order valence-electron chi connectivity index (χ4n) is 2.32. The fraction of sp³-hybridized carbons (Fsp3) is 0.500. The number of hydrogen-bond donors (Lipinski definition) is 1. The zero-order chi connectivity index (χ0) is 13.8. The van der Waals surface area contributed by atoms with Crippen molar-refractivity contribution >= 4 is 21.4 Å². The van der Waals surface area contributed by atoms with Gasteiger partial charge in [0.1, 0.15) is 5.82 Å². The van der Waals surface area contributed by atoms with E-state index in [-0.39, 0.29) is 5.82 Å². The van der Waals surface area contributed by atoms with Crippen LogP contribution in [0.15, 0.2) is 24.3 Å². The molecule has 1 N–H and O–H groups in total. The van der Waals surface area contributed by atoms with Crippen molar-refractivity contribution < 1.29 is 4.39 Å². The van der Waals surface area contributed by atoms with Crippen molar-refractivity contribution in [3.8, 4) is 0 Å². The lowest BCUT2D eigenvalue weighted by molar-refractivity contribution is 0.412. The summed E-state index contributed by atoms with van der Waals surface area (Å²) in [5.74, 6) is 0.546.